The maximum absolute atomic E-state index is 5.47. The fourth-order valence-electron chi connectivity index (χ4n) is 3.00. The second kappa shape index (κ2) is 5.31. The molecule has 4 heterocycles. The highest BCUT2D eigenvalue weighted by atomic mass is 16.5. The van der Waals surface area contributed by atoms with Gasteiger partial charge in [0.15, 0.2) is 11.6 Å². The molecule has 1 unspecified atom stereocenters. The summed E-state index contributed by atoms with van der Waals surface area (Å²) in [7, 11) is 0. The first-order valence-electron chi connectivity index (χ1n) is 7.91. The van der Waals surface area contributed by atoms with Gasteiger partial charge in [-0.2, -0.15) is 4.68 Å². The van der Waals surface area contributed by atoms with E-state index < -0.39 is 0 Å². The Hall–Kier alpha value is -2.93. The topological polar surface area (TPSA) is 81.8 Å². The van der Waals surface area contributed by atoms with Crippen LogP contribution >= 0.6 is 0 Å². The van der Waals surface area contributed by atoms with E-state index in [1.807, 2.05) is 30.3 Å². The first-order chi connectivity index (χ1) is 11.9. The van der Waals surface area contributed by atoms with Gasteiger partial charge in [-0.25, -0.2) is 9.97 Å². The summed E-state index contributed by atoms with van der Waals surface area (Å²) in [5, 5.41) is 4.70. The van der Waals surface area contributed by atoms with Crippen molar-refractivity contribution < 1.29 is 9.15 Å². The van der Waals surface area contributed by atoms with Crippen molar-refractivity contribution in [3.05, 3.63) is 48.7 Å². The summed E-state index contributed by atoms with van der Waals surface area (Å²) in [5.41, 5.74) is 2.73. The largest absolute Gasteiger partial charge is 0.472 e. The van der Waals surface area contributed by atoms with Gasteiger partial charge in [-0.3, -0.25) is 0 Å². The smallest absolute Gasteiger partial charge is 0.231 e. The summed E-state index contributed by atoms with van der Waals surface area (Å²) in [6.07, 6.45) is 4.23. The first-order valence-corrected chi connectivity index (χ1v) is 7.91. The molecule has 7 heteroatoms. The zero-order chi connectivity index (χ0) is 15.9. The van der Waals surface area contributed by atoms with Crippen molar-refractivity contribution in [3.63, 3.8) is 0 Å². The molecule has 7 nitrogen and oxygen atoms in total. The lowest BCUT2D eigenvalue weighted by atomic mass is 10.1. The molecule has 1 aliphatic heterocycles. The van der Waals surface area contributed by atoms with Crippen molar-refractivity contribution in [2.24, 2.45) is 0 Å². The fourth-order valence-corrected chi connectivity index (χ4v) is 3.00. The zero-order valence-electron chi connectivity index (χ0n) is 12.8. The summed E-state index contributed by atoms with van der Waals surface area (Å²) < 4.78 is 12.4. The number of para-hydroxylation sites is 2. The minimum Gasteiger partial charge on any atom is -0.472 e. The number of H-pyrrole nitrogens is 1. The van der Waals surface area contributed by atoms with Crippen molar-refractivity contribution in [1.82, 2.24) is 24.7 Å². The molecule has 4 aromatic rings. The summed E-state index contributed by atoms with van der Waals surface area (Å²) >= 11 is 0. The number of fused-ring (bicyclic) bond motifs is 1. The van der Waals surface area contributed by atoms with Crippen LogP contribution in [0.1, 0.15) is 18.2 Å². The van der Waals surface area contributed by atoms with Gasteiger partial charge in [0.1, 0.15) is 6.26 Å². The Bertz CT molecular complexity index is 947. The van der Waals surface area contributed by atoms with Gasteiger partial charge in [0.2, 0.25) is 5.95 Å². The van der Waals surface area contributed by atoms with Crippen LogP contribution in [0.4, 0.5) is 0 Å². The molecular formula is C17H15N5O2. The number of ether oxygens (including phenoxy) is 1. The third-order valence-electron chi connectivity index (χ3n) is 4.28. The Morgan fingerprint density at radius 2 is 2.12 bits per heavy atom. The van der Waals surface area contributed by atoms with E-state index in [1.165, 1.54) is 0 Å². The van der Waals surface area contributed by atoms with Crippen molar-refractivity contribution >= 4 is 11.0 Å². The molecule has 0 amide bonds. The van der Waals surface area contributed by atoms with E-state index in [1.54, 1.807) is 17.2 Å². The number of aromatic amines is 1. The quantitative estimate of drug-likeness (QED) is 0.627. The Kier molecular flexibility index (Phi) is 2.99. The van der Waals surface area contributed by atoms with E-state index in [9.17, 15) is 0 Å². The molecule has 1 aromatic carbocycles. The number of benzene rings is 1. The minimum atomic E-state index is 0.223. The molecule has 0 radical (unpaired) electrons. The van der Waals surface area contributed by atoms with Gasteiger partial charge in [0, 0.05) is 12.5 Å². The number of imidazole rings is 1. The van der Waals surface area contributed by atoms with Crippen LogP contribution in [0.25, 0.3) is 28.4 Å². The molecule has 1 fully saturated rings. The van der Waals surface area contributed by atoms with Gasteiger partial charge in [0.05, 0.1) is 29.5 Å². The lowest BCUT2D eigenvalue weighted by Gasteiger charge is -2.00. The predicted molar refractivity (Wildman–Crippen MR) is 86.9 cm³/mol. The van der Waals surface area contributed by atoms with Crippen molar-refractivity contribution in [3.8, 4) is 17.3 Å². The molecule has 1 saturated heterocycles. The first kappa shape index (κ1) is 13.5. The SMILES string of the molecule is c1ccc2[nH]c(-n3nc(C4CCOC4)nc3-c3ccoc3)nc2c1. The van der Waals surface area contributed by atoms with E-state index in [2.05, 4.69) is 9.97 Å². The number of furan rings is 1. The molecule has 24 heavy (non-hydrogen) atoms. The van der Waals surface area contributed by atoms with E-state index in [-0.39, 0.29) is 5.92 Å². The number of nitrogens with zero attached hydrogens (tertiary/aromatic N) is 4. The molecular weight excluding hydrogens is 306 g/mol. The van der Waals surface area contributed by atoms with Gasteiger partial charge in [0.25, 0.3) is 0 Å². The Labute approximate surface area is 137 Å². The molecule has 120 valence electrons. The number of hydrogen-bond acceptors (Lipinski definition) is 5. The van der Waals surface area contributed by atoms with Crippen molar-refractivity contribution in [1.29, 1.82) is 0 Å². The molecule has 3 aromatic heterocycles. The van der Waals surface area contributed by atoms with E-state index in [4.69, 9.17) is 19.2 Å². The molecule has 1 atom stereocenters. The van der Waals surface area contributed by atoms with E-state index >= 15 is 0 Å². The summed E-state index contributed by atoms with van der Waals surface area (Å²) in [4.78, 5) is 12.7. The summed E-state index contributed by atoms with van der Waals surface area (Å²) in [6.45, 7) is 1.42. The normalized spacial score (nSPS) is 17.8. The molecule has 0 saturated carbocycles. The van der Waals surface area contributed by atoms with Crippen molar-refractivity contribution in [2.45, 2.75) is 12.3 Å². The lowest BCUT2D eigenvalue weighted by molar-refractivity contribution is 0.193. The third-order valence-corrected chi connectivity index (χ3v) is 4.28. The Morgan fingerprint density at radius 3 is 2.92 bits per heavy atom. The van der Waals surface area contributed by atoms with Gasteiger partial charge >= 0.3 is 0 Å². The molecule has 5 rings (SSSR count). The summed E-state index contributed by atoms with van der Waals surface area (Å²) in [5.74, 6) is 2.36. The highest BCUT2D eigenvalue weighted by Crippen LogP contribution is 2.27. The van der Waals surface area contributed by atoms with Gasteiger partial charge in [-0.1, -0.05) is 12.1 Å². The minimum absolute atomic E-state index is 0.223. The highest BCUT2D eigenvalue weighted by molar-refractivity contribution is 5.76. The molecule has 0 bridgehead atoms. The molecule has 1 aliphatic rings. The lowest BCUT2D eigenvalue weighted by Crippen LogP contribution is -2.04. The predicted octanol–water partition coefficient (Wildman–Crippen LogP) is 2.91. The van der Waals surface area contributed by atoms with Gasteiger partial charge in [-0.05, 0) is 24.6 Å². The van der Waals surface area contributed by atoms with Crippen LogP contribution in [-0.4, -0.2) is 37.9 Å². The second-order valence-electron chi connectivity index (χ2n) is 5.86. The van der Waals surface area contributed by atoms with Crippen LogP contribution in [0, 0.1) is 0 Å². The summed E-state index contributed by atoms with van der Waals surface area (Å²) in [6, 6.07) is 9.77. The average molecular weight is 321 g/mol. The zero-order valence-corrected chi connectivity index (χ0v) is 12.8. The van der Waals surface area contributed by atoms with Crippen LogP contribution in [0.5, 0.6) is 0 Å². The molecule has 0 aliphatic carbocycles. The van der Waals surface area contributed by atoms with Crippen LogP contribution < -0.4 is 0 Å². The van der Waals surface area contributed by atoms with E-state index in [0.717, 1.165) is 35.4 Å². The number of hydrogen-bond donors (Lipinski definition) is 1. The maximum atomic E-state index is 5.47. The van der Waals surface area contributed by atoms with Crippen molar-refractivity contribution in [2.75, 3.05) is 13.2 Å². The fraction of sp³-hybridized carbons (Fsp3) is 0.235. The van der Waals surface area contributed by atoms with Crippen LogP contribution in [-0.2, 0) is 4.74 Å². The van der Waals surface area contributed by atoms with Gasteiger partial charge < -0.3 is 14.1 Å². The monoisotopic (exact) mass is 321 g/mol. The number of nitrogens with one attached hydrogen (secondary N) is 1. The Morgan fingerprint density at radius 1 is 1.17 bits per heavy atom. The van der Waals surface area contributed by atoms with Crippen LogP contribution in [0.2, 0.25) is 0 Å². The van der Waals surface area contributed by atoms with E-state index in [0.29, 0.717) is 18.4 Å². The van der Waals surface area contributed by atoms with Gasteiger partial charge in [-0.15, -0.1) is 5.10 Å². The third kappa shape index (κ3) is 2.13. The van der Waals surface area contributed by atoms with Crippen LogP contribution in [0.15, 0.2) is 47.3 Å². The maximum Gasteiger partial charge on any atom is 0.231 e. The highest BCUT2D eigenvalue weighted by Gasteiger charge is 2.25. The molecule has 1 N–H and O–H groups in total. The number of aromatic nitrogens is 5. The Balaban J connectivity index is 1.67. The standard InChI is InChI=1S/C17H15N5O2/c1-2-4-14-13(3-1)18-17(19-14)22-16(12-6-8-24-10-12)20-15(21-22)11-5-7-23-9-11/h1-4,6,8,10-11H,5,7,9H2,(H,18,19). The molecule has 0 spiro atoms. The second-order valence-corrected chi connectivity index (χ2v) is 5.86. The number of rotatable bonds is 3. The van der Waals surface area contributed by atoms with Crippen LogP contribution in [0.3, 0.4) is 0 Å². The average Bonchev–Trinajstić information content (AvgIpc) is 3.40.